The Balaban J connectivity index is 2.21. The molecule has 0 spiro atoms. The molecule has 100 valence electrons. The van der Waals surface area contributed by atoms with Crippen LogP contribution in [0.15, 0.2) is 23.8 Å². The molecule has 0 aliphatic heterocycles. The van der Waals surface area contributed by atoms with Crippen LogP contribution in [0.2, 0.25) is 0 Å². The van der Waals surface area contributed by atoms with E-state index in [-0.39, 0.29) is 6.54 Å². The first-order valence-electron chi connectivity index (χ1n) is 6.24. The highest BCUT2D eigenvalue weighted by atomic mass is 16.6. The Labute approximate surface area is 107 Å². The van der Waals surface area contributed by atoms with Crippen LogP contribution in [-0.4, -0.2) is 30.2 Å². The Kier molecular flexibility index (Phi) is 5.97. The summed E-state index contributed by atoms with van der Waals surface area (Å²) in [6, 6.07) is -0.777. The van der Waals surface area contributed by atoms with Crippen molar-refractivity contribution >= 4 is 12.1 Å². The number of allylic oxidation sites excluding steroid dienone is 4. The van der Waals surface area contributed by atoms with Crippen LogP contribution in [-0.2, 0) is 4.74 Å². The summed E-state index contributed by atoms with van der Waals surface area (Å²) in [4.78, 5) is 23.2. The first-order chi connectivity index (χ1) is 8.65. The Bertz CT molecular complexity index is 361. The van der Waals surface area contributed by atoms with Gasteiger partial charge in [0, 0.05) is 6.54 Å². The minimum Gasteiger partial charge on any atom is -0.449 e. The molecule has 1 aliphatic carbocycles. The van der Waals surface area contributed by atoms with Gasteiger partial charge in [-0.15, -0.1) is 0 Å². The number of primary amides is 1. The SMILES string of the molecule is CCN(C(N)=O)C(=O)OCCCC1=CCCC=C1. The lowest BCUT2D eigenvalue weighted by molar-refractivity contribution is 0.112. The molecule has 5 heteroatoms. The summed E-state index contributed by atoms with van der Waals surface area (Å²) >= 11 is 0. The fourth-order valence-corrected chi connectivity index (χ4v) is 1.74. The molecule has 5 nitrogen and oxygen atoms in total. The van der Waals surface area contributed by atoms with E-state index in [1.807, 2.05) is 0 Å². The Hall–Kier alpha value is -1.78. The highest BCUT2D eigenvalue weighted by Gasteiger charge is 2.17. The van der Waals surface area contributed by atoms with Gasteiger partial charge in [-0.1, -0.05) is 23.8 Å². The molecule has 1 rings (SSSR count). The van der Waals surface area contributed by atoms with E-state index in [2.05, 4.69) is 18.2 Å². The molecule has 2 N–H and O–H groups in total. The second-order valence-corrected chi connectivity index (χ2v) is 4.06. The van der Waals surface area contributed by atoms with E-state index in [1.54, 1.807) is 6.92 Å². The zero-order valence-electron chi connectivity index (χ0n) is 10.7. The van der Waals surface area contributed by atoms with Crippen molar-refractivity contribution in [3.05, 3.63) is 23.8 Å². The molecule has 0 atom stereocenters. The van der Waals surface area contributed by atoms with Crippen LogP contribution < -0.4 is 5.73 Å². The maximum Gasteiger partial charge on any atom is 0.417 e. The van der Waals surface area contributed by atoms with Crippen molar-refractivity contribution in [2.75, 3.05) is 13.2 Å². The van der Waals surface area contributed by atoms with E-state index in [1.165, 1.54) is 5.57 Å². The largest absolute Gasteiger partial charge is 0.449 e. The predicted molar refractivity (Wildman–Crippen MR) is 69.0 cm³/mol. The van der Waals surface area contributed by atoms with E-state index in [0.29, 0.717) is 6.61 Å². The molecule has 1 aliphatic rings. The van der Waals surface area contributed by atoms with Crippen LogP contribution in [0.3, 0.4) is 0 Å². The third-order valence-corrected chi connectivity index (χ3v) is 2.71. The van der Waals surface area contributed by atoms with Crippen LogP contribution in [0.25, 0.3) is 0 Å². The van der Waals surface area contributed by atoms with E-state index < -0.39 is 12.1 Å². The van der Waals surface area contributed by atoms with E-state index >= 15 is 0 Å². The summed E-state index contributed by atoms with van der Waals surface area (Å²) in [7, 11) is 0. The van der Waals surface area contributed by atoms with Gasteiger partial charge in [0.15, 0.2) is 0 Å². The molecule has 3 amide bonds. The van der Waals surface area contributed by atoms with Gasteiger partial charge in [-0.25, -0.2) is 14.5 Å². The van der Waals surface area contributed by atoms with Crippen LogP contribution in [0.1, 0.15) is 32.6 Å². The molecule has 0 saturated heterocycles. The van der Waals surface area contributed by atoms with Crippen LogP contribution in [0, 0.1) is 0 Å². The number of ether oxygens (including phenoxy) is 1. The average Bonchev–Trinajstić information content (AvgIpc) is 2.36. The van der Waals surface area contributed by atoms with Crippen molar-refractivity contribution in [3.63, 3.8) is 0 Å². The number of urea groups is 1. The number of hydrogen-bond donors (Lipinski definition) is 1. The molecule has 0 aromatic carbocycles. The quantitative estimate of drug-likeness (QED) is 0.764. The number of rotatable bonds is 5. The molecule has 0 bridgehead atoms. The number of nitrogens with zero attached hydrogens (tertiary/aromatic N) is 1. The van der Waals surface area contributed by atoms with Gasteiger partial charge in [-0.05, 0) is 32.6 Å². The zero-order valence-corrected chi connectivity index (χ0v) is 10.7. The number of amides is 3. The Morgan fingerprint density at radius 3 is 2.78 bits per heavy atom. The second kappa shape index (κ2) is 7.53. The van der Waals surface area contributed by atoms with Gasteiger partial charge in [0.05, 0.1) is 6.61 Å². The molecule has 0 fully saturated rings. The van der Waals surface area contributed by atoms with Gasteiger partial charge in [0.1, 0.15) is 0 Å². The molecular formula is C13H20N2O3. The highest BCUT2D eigenvalue weighted by Crippen LogP contribution is 2.14. The predicted octanol–water partition coefficient (Wildman–Crippen LogP) is 2.58. The fourth-order valence-electron chi connectivity index (χ4n) is 1.74. The highest BCUT2D eigenvalue weighted by molar-refractivity contribution is 5.89. The van der Waals surface area contributed by atoms with Crippen molar-refractivity contribution in [2.45, 2.75) is 32.6 Å². The summed E-state index contributed by atoms with van der Waals surface area (Å²) in [6.45, 7) is 2.19. The molecule has 0 unspecified atom stereocenters. The molecule has 0 heterocycles. The number of imide groups is 1. The fraction of sp³-hybridized carbons (Fsp3) is 0.538. The van der Waals surface area contributed by atoms with Gasteiger partial charge in [0.2, 0.25) is 0 Å². The second-order valence-electron chi connectivity index (χ2n) is 4.06. The molecule has 0 saturated carbocycles. The third-order valence-electron chi connectivity index (χ3n) is 2.71. The van der Waals surface area contributed by atoms with E-state index in [0.717, 1.165) is 30.6 Å². The van der Waals surface area contributed by atoms with Gasteiger partial charge in [-0.3, -0.25) is 0 Å². The van der Waals surface area contributed by atoms with Crippen molar-refractivity contribution in [1.82, 2.24) is 4.90 Å². The minimum absolute atomic E-state index is 0.224. The topological polar surface area (TPSA) is 72.6 Å². The molecule has 0 aromatic heterocycles. The summed E-state index contributed by atoms with van der Waals surface area (Å²) in [5, 5.41) is 0. The van der Waals surface area contributed by atoms with Gasteiger partial charge >= 0.3 is 12.1 Å². The molecule has 0 radical (unpaired) electrons. The summed E-state index contributed by atoms with van der Waals surface area (Å²) < 4.78 is 4.98. The van der Waals surface area contributed by atoms with Crippen molar-refractivity contribution < 1.29 is 14.3 Å². The van der Waals surface area contributed by atoms with Gasteiger partial charge < -0.3 is 10.5 Å². The summed E-state index contributed by atoms with van der Waals surface area (Å²) in [5.41, 5.74) is 6.31. The van der Waals surface area contributed by atoms with Gasteiger partial charge in [-0.2, -0.15) is 0 Å². The molecule has 18 heavy (non-hydrogen) atoms. The van der Waals surface area contributed by atoms with Crippen LogP contribution in [0.5, 0.6) is 0 Å². The monoisotopic (exact) mass is 252 g/mol. The first-order valence-corrected chi connectivity index (χ1v) is 6.24. The standard InChI is InChI=1S/C13H20N2O3/c1-2-15(12(14)16)13(17)18-10-6-9-11-7-4-3-5-8-11/h4,7-8H,2-3,5-6,9-10H2,1H3,(H2,14,16). The summed E-state index contributed by atoms with van der Waals surface area (Å²) in [5.74, 6) is 0. The minimum atomic E-state index is -0.777. The Morgan fingerprint density at radius 1 is 1.44 bits per heavy atom. The van der Waals surface area contributed by atoms with E-state index in [9.17, 15) is 9.59 Å². The van der Waals surface area contributed by atoms with Crippen LogP contribution in [0.4, 0.5) is 9.59 Å². The maximum atomic E-state index is 11.4. The smallest absolute Gasteiger partial charge is 0.417 e. The lowest BCUT2D eigenvalue weighted by Crippen LogP contribution is -2.40. The maximum absolute atomic E-state index is 11.4. The Morgan fingerprint density at radius 2 is 2.22 bits per heavy atom. The molecular weight excluding hydrogens is 232 g/mol. The van der Waals surface area contributed by atoms with Crippen LogP contribution >= 0.6 is 0 Å². The number of carbonyl (C=O) groups excluding carboxylic acids is 2. The molecule has 0 aromatic rings. The van der Waals surface area contributed by atoms with Crippen molar-refractivity contribution in [1.29, 1.82) is 0 Å². The number of carbonyl (C=O) groups is 2. The normalized spacial score (nSPS) is 13.9. The number of hydrogen-bond acceptors (Lipinski definition) is 3. The third kappa shape index (κ3) is 4.61. The first kappa shape index (κ1) is 14.3. The van der Waals surface area contributed by atoms with Crippen molar-refractivity contribution in [3.8, 4) is 0 Å². The van der Waals surface area contributed by atoms with E-state index in [4.69, 9.17) is 10.5 Å². The summed E-state index contributed by atoms with van der Waals surface area (Å²) in [6.07, 6.45) is 9.59. The number of nitrogens with two attached hydrogens (primary N) is 1. The zero-order chi connectivity index (χ0) is 13.4. The lowest BCUT2D eigenvalue weighted by atomic mass is 10.0. The lowest BCUT2D eigenvalue weighted by Gasteiger charge is -2.15. The van der Waals surface area contributed by atoms with Gasteiger partial charge in [0.25, 0.3) is 0 Å². The average molecular weight is 252 g/mol. The van der Waals surface area contributed by atoms with Crippen molar-refractivity contribution in [2.24, 2.45) is 5.73 Å².